The van der Waals surface area contributed by atoms with Crippen LogP contribution in [-0.4, -0.2) is 9.97 Å². The van der Waals surface area contributed by atoms with Gasteiger partial charge in [0.05, 0.1) is 16.9 Å². The van der Waals surface area contributed by atoms with Crippen molar-refractivity contribution in [2.24, 2.45) is 0 Å². The number of para-hydroxylation sites is 1. The average molecular weight is 265 g/mol. The zero-order valence-corrected chi connectivity index (χ0v) is 11.1. The summed E-state index contributed by atoms with van der Waals surface area (Å²) in [4.78, 5) is 8.78. The van der Waals surface area contributed by atoms with Crippen molar-refractivity contribution in [2.75, 3.05) is 16.8 Å². The first-order chi connectivity index (χ1) is 9.63. The molecule has 0 aliphatic heterocycles. The number of rotatable bonds is 2. The normalized spacial score (nSPS) is 10.7. The van der Waals surface area contributed by atoms with Crippen LogP contribution in [0, 0.1) is 6.92 Å². The van der Waals surface area contributed by atoms with Gasteiger partial charge in [-0.3, -0.25) is 4.98 Å². The number of fused-ring (bicyclic) bond motifs is 1. The topological polar surface area (TPSA) is 89.8 Å². The Morgan fingerprint density at radius 2 is 1.80 bits per heavy atom. The van der Waals surface area contributed by atoms with Crippen LogP contribution in [0.1, 0.15) is 5.69 Å². The predicted octanol–water partition coefficient (Wildman–Crippen LogP) is 2.85. The molecule has 1 aromatic carbocycles. The zero-order chi connectivity index (χ0) is 14.1. The molecule has 5 nitrogen and oxygen atoms in total. The lowest BCUT2D eigenvalue weighted by molar-refractivity contribution is 1.25. The third-order valence-corrected chi connectivity index (χ3v) is 3.08. The second kappa shape index (κ2) is 4.70. The van der Waals surface area contributed by atoms with Crippen molar-refractivity contribution in [1.29, 1.82) is 0 Å². The van der Waals surface area contributed by atoms with Gasteiger partial charge in [0.15, 0.2) is 0 Å². The molecule has 0 saturated carbocycles. The Morgan fingerprint density at radius 1 is 0.950 bits per heavy atom. The second-order valence-corrected chi connectivity index (χ2v) is 4.63. The van der Waals surface area contributed by atoms with E-state index in [0.717, 1.165) is 22.3 Å². The summed E-state index contributed by atoms with van der Waals surface area (Å²) in [7, 11) is 0. The van der Waals surface area contributed by atoms with Crippen LogP contribution in [0.4, 0.5) is 23.0 Å². The molecule has 3 rings (SSSR count). The van der Waals surface area contributed by atoms with E-state index in [9.17, 15) is 0 Å². The number of hydrogen-bond donors (Lipinski definition) is 3. The van der Waals surface area contributed by atoms with Crippen LogP contribution in [0.5, 0.6) is 0 Å². The number of nitrogens with one attached hydrogen (secondary N) is 1. The molecule has 0 fully saturated rings. The maximum atomic E-state index is 5.72. The highest BCUT2D eigenvalue weighted by Gasteiger charge is 2.05. The van der Waals surface area contributed by atoms with Crippen LogP contribution < -0.4 is 16.8 Å². The van der Waals surface area contributed by atoms with Gasteiger partial charge in [0.25, 0.3) is 0 Å². The van der Waals surface area contributed by atoms with Gasteiger partial charge in [0, 0.05) is 11.1 Å². The van der Waals surface area contributed by atoms with Gasteiger partial charge in [-0.05, 0) is 31.2 Å². The number of nitrogen functional groups attached to an aromatic ring is 2. The molecule has 0 bridgehead atoms. The van der Waals surface area contributed by atoms with Gasteiger partial charge in [0.1, 0.15) is 11.6 Å². The summed E-state index contributed by atoms with van der Waals surface area (Å²) in [5, 5.41) is 4.31. The van der Waals surface area contributed by atoms with Crippen molar-refractivity contribution >= 4 is 33.9 Å². The van der Waals surface area contributed by atoms with E-state index in [-0.39, 0.29) is 0 Å². The minimum Gasteiger partial charge on any atom is -0.396 e. The molecule has 0 atom stereocenters. The number of hydrogen-bond acceptors (Lipinski definition) is 5. The van der Waals surface area contributed by atoms with E-state index in [1.807, 2.05) is 37.3 Å². The number of pyridine rings is 2. The van der Waals surface area contributed by atoms with E-state index in [1.54, 1.807) is 12.1 Å². The summed E-state index contributed by atoms with van der Waals surface area (Å²) >= 11 is 0. The van der Waals surface area contributed by atoms with Gasteiger partial charge in [-0.25, -0.2) is 4.98 Å². The SMILES string of the molecule is Cc1ccc2cccc(Nc3ccc(N)c(N)n3)c2n1. The molecule has 0 aliphatic rings. The van der Waals surface area contributed by atoms with Crippen LogP contribution in [-0.2, 0) is 0 Å². The first-order valence-corrected chi connectivity index (χ1v) is 6.29. The maximum absolute atomic E-state index is 5.72. The smallest absolute Gasteiger partial charge is 0.149 e. The van der Waals surface area contributed by atoms with Gasteiger partial charge < -0.3 is 16.8 Å². The largest absolute Gasteiger partial charge is 0.396 e. The summed E-state index contributed by atoms with van der Waals surface area (Å²) in [6, 6.07) is 13.5. The zero-order valence-electron chi connectivity index (χ0n) is 11.1. The fourth-order valence-electron chi connectivity index (χ4n) is 2.04. The van der Waals surface area contributed by atoms with Crippen molar-refractivity contribution in [2.45, 2.75) is 6.92 Å². The van der Waals surface area contributed by atoms with Crippen molar-refractivity contribution in [3.8, 4) is 0 Å². The fraction of sp³-hybridized carbons (Fsp3) is 0.0667. The van der Waals surface area contributed by atoms with E-state index in [0.29, 0.717) is 17.3 Å². The van der Waals surface area contributed by atoms with Gasteiger partial charge >= 0.3 is 0 Å². The molecule has 20 heavy (non-hydrogen) atoms. The van der Waals surface area contributed by atoms with Crippen molar-refractivity contribution in [1.82, 2.24) is 9.97 Å². The molecule has 3 aromatic rings. The first-order valence-electron chi connectivity index (χ1n) is 6.29. The Hall–Kier alpha value is -2.82. The van der Waals surface area contributed by atoms with Crippen LogP contribution in [0.15, 0.2) is 42.5 Å². The lowest BCUT2D eigenvalue weighted by Crippen LogP contribution is -2.01. The molecule has 0 spiro atoms. The third kappa shape index (κ3) is 2.21. The molecule has 0 radical (unpaired) electrons. The quantitative estimate of drug-likeness (QED) is 0.663. The third-order valence-electron chi connectivity index (χ3n) is 3.08. The van der Waals surface area contributed by atoms with Crippen molar-refractivity contribution in [3.63, 3.8) is 0 Å². The van der Waals surface area contributed by atoms with Crippen LogP contribution in [0.3, 0.4) is 0 Å². The van der Waals surface area contributed by atoms with Crippen molar-refractivity contribution < 1.29 is 0 Å². The number of anilines is 4. The monoisotopic (exact) mass is 265 g/mol. The second-order valence-electron chi connectivity index (χ2n) is 4.63. The summed E-state index contributed by atoms with van der Waals surface area (Å²) in [6.07, 6.45) is 0. The highest BCUT2D eigenvalue weighted by atomic mass is 15.0. The molecule has 5 N–H and O–H groups in total. The van der Waals surface area contributed by atoms with E-state index < -0.39 is 0 Å². The molecule has 2 aromatic heterocycles. The Balaban J connectivity index is 2.05. The van der Waals surface area contributed by atoms with E-state index in [4.69, 9.17) is 11.5 Å². The molecule has 5 heteroatoms. The highest BCUT2D eigenvalue weighted by molar-refractivity contribution is 5.92. The first kappa shape index (κ1) is 12.2. The Labute approximate surface area is 116 Å². The van der Waals surface area contributed by atoms with Gasteiger partial charge in [-0.1, -0.05) is 18.2 Å². The number of benzene rings is 1. The minimum atomic E-state index is 0.319. The van der Waals surface area contributed by atoms with Gasteiger partial charge in [0.2, 0.25) is 0 Å². The number of nitrogens with zero attached hydrogens (tertiary/aromatic N) is 2. The minimum absolute atomic E-state index is 0.319. The lowest BCUT2D eigenvalue weighted by atomic mass is 10.1. The highest BCUT2D eigenvalue weighted by Crippen LogP contribution is 2.25. The van der Waals surface area contributed by atoms with E-state index >= 15 is 0 Å². The van der Waals surface area contributed by atoms with E-state index in [2.05, 4.69) is 15.3 Å². The Morgan fingerprint density at radius 3 is 2.60 bits per heavy atom. The number of aromatic nitrogens is 2. The number of aryl methyl sites for hydroxylation is 1. The summed E-state index contributed by atoms with van der Waals surface area (Å²) in [6.45, 7) is 1.97. The average Bonchev–Trinajstić information content (AvgIpc) is 2.44. The molecule has 0 amide bonds. The van der Waals surface area contributed by atoms with Crippen LogP contribution in [0.25, 0.3) is 10.9 Å². The molecule has 0 saturated heterocycles. The molecule has 0 aliphatic carbocycles. The summed E-state index contributed by atoms with van der Waals surface area (Å²) in [5.74, 6) is 0.965. The Kier molecular flexibility index (Phi) is 2.87. The maximum Gasteiger partial charge on any atom is 0.149 e. The molecule has 2 heterocycles. The standard InChI is InChI=1S/C15H15N5/c1-9-5-6-10-3-2-4-12(14(10)18-9)19-13-8-7-11(16)15(17)20-13/h2-8H,16H2,1H3,(H3,17,19,20). The molecular weight excluding hydrogens is 250 g/mol. The molecule has 0 unspecified atom stereocenters. The van der Waals surface area contributed by atoms with E-state index in [1.165, 1.54) is 0 Å². The van der Waals surface area contributed by atoms with Crippen LogP contribution >= 0.6 is 0 Å². The summed E-state index contributed by atoms with van der Waals surface area (Å²) in [5.41, 5.74) is 14.6. The molecule has 100 valence electrons. The predicted molar refractivity (Wildman–Crippen MR) is 82.8 cm³/mol. The number of nitrogens with two attached hydrogens (primary N) is 2. The van der Waals surface area contributed by atoms with Gasteiger partial charge in [-0.15, -0.1) is 0 Å². The van der Waals surface area contributed by atoms with Crippen LogP contribution in [0.2, 0.25) is 0 Å². The lowest BCUT2D eigenvalue weighted by Gasteiger charge is -2.10. The summed E-state index contributed by atoms with van der Waals surface area (Å²) < 4.78 is 0. The fourth-order valence-corrected chi connectivity index (χ4v) is 2.04. The van der Waals surface area contributed by atoms with Crippen molar-refractivity contribution in [3.05, 3.63) is 48.2 Å². The molecular formula is C15H15N5. The Bertz CT molecular complexity index is 782. The van der Waals surface area contributed by atoms with Gasteiger partial charge in [-0.2, -0.15) is 0 Å².